The van der Waals surface area contributed by atoms with Gasteiger partial charge in [-0.25, -0.2) is 0 Å². The summed E-state index contributed by atoms with van der Waals surface area (Å²) in [5, 5.41) is 32.3. The maximum Gasteiger partial charge on any atom is 0.272 e. The van der Waals surface area contributed by atoms with Crippen LogP contribution in [0.3, 0.4) is 0 Å². The Morgan fingerprint density at radius 1 is 1.23 bits per heavy atom. The molecule has 4 saturated heterocycles. The number of aliphatic hydroxyl groups excluding tert-OH is 1. The number of carbonyl (C=O) groups excluding carboxylic acids is 2. The number of amides is 2. The molecule has 2 amide bonds. The second-order valence-electron chi connectivity index (χ2n) is 8.66. The zero-order chi connectivity index (χ0) is 25.3. The normalized spacial score (nSPS) is 38.5. The highest BCUT2D eigenvalue weighted by molar-refractivity contribution is 9.09. The van der Waals surface area contributed by atoms with E-state index in [9.17, 15) is 24.9 Å². The number of piperazine rings is 1. The second-order valence-corrected chi connectivity index (χ2v) is 13.5. The van der Waals surface area contributed by atoms with Gasteiger partial charge in [0.2, 0.25) is 10.6 Å². The lowest BCUT2D eigenvalue weighted by Crippen LogP contribution is -2.78. The molecular weight excluding hydrogens is 540 g/mol. The molecule has 35 heavy (non-hydrogen) atoms. The third-order valence-electron chi connectivity index (χ3n) is 6.81. The zero-order valence-corrected chi connectivity index (χ0v) is 22.0. The number of phenols is 1. The number of rotatable bonds is 3. The maximum absolute atomic E-state index is 13.9. The van der Waals surface area contributed by atoms with Gasteiger partial charge in [-0.05, 0) is 26.7 Å². The lowest BCUT2D eigenvalue weighted by Gasteiger charge is -2.60. The first-order valence-corrected chi connectivity index (χ1v) is 14.5. The van der Waals surface area contributed by atoms with Crippen molar-refractivity contribution < 1.29 is 39.2 Å². The quantitative estimate of drug-likeness (QED) is 0.283. The SMILES string of the molecule is COc1ccc([C@@H]2SSS[C@@]34C[C@]5(O)[C@H](Cl)C=C[C@@H](O)[C@@H]5ON3C(=O)[C@@H]2N(C)C4=O)c(O)c1OC. The van der Waals surface area contributed by atoms with Crippen LogP contribution >= 0.6 is 43.0 Å². The lowest BCUT2D eigenvalue weighted by atomic mass is 9.77. The van der Waals surface area contributed by atoms with Crippen molar-refractivity contribution in [3.8, 4) is 17.2 Å². The molecule has 1 aromatic carbocycles. The van der Waals surface area contributed by atoms with Crippen LogP contribution in [-0.2, 0) is 14.4 Å². The standard InChI is InChI=1S/C21H23ClN2O8S3/c1-23-13-16(9-4-6-11(30-2)15(31-3)14(9)26)33-35-34-21(19(23)28)8-20(29)12(22)7-5-10(25)17(20)32-24(21)18(13)27/h4-7,10,12-13,16-17,25-26,29H,8H2,1-3H3/t10-,12-,13-,16+,17+,20+,21-/m1/s1. The summed E-state index contributed by atoms with van der Waals surface area (Å²) in [5.74, 6) is -0.765. The molecule has 2 bridgehead atoms. The molecule has 4 aliphatic heterocycles. The van der Waals surface area contributed by atoms with E-state index in [1.807, 2.05) is 0 Å². The van der Waals surface area contributed by atoms with Crippen molar-refractivity contribution in [2.75, 3.05) is 21.3 Å². The van der Waals surface area contributed by atoms with Gasteiger partial charge in [0.15, 0.2) is 11.5 Å². The number of alkyl halides is 1. The number of nitrogens with zero attached hydrogens (tertiary/aromatic N) is 2. The van der Waals surface area contributed by atoms with Crippen LogP contribution in [0.1, 0.15) is 17.2 Å². The monoisotopic (exact) mass is 562 g/mol. The molecule has 3 N–H and O–H groups in total. The van der Waals surface area contributed by atoms with Crippen molar-refractivity contribution in [1.29, 1.82) is 0 Å². The van der Waals surface area contributed by atoms with Crippen molar-refractivity contribution >= 4 is 54.8 Å². The fourth-order valence-electron chi connectivity index (χ4n) is 5.00. The summed E-state index contributed by atoms with van der Waals surface area (Å²) >= 11 is 6.40. The number of aliphatic hydroxyl groups is 2. The first-order valence-electron chi connectivity index (χ1n) is 10.6. The van der Waals surface area contributed by atoms with Gasteiger partial charge in [-0.15, -0.1) is 11.6 Å². The van der Waals surface area contributed by atoms with Crippen LogP contribution in [-0.4, -0.2) is 92.5 Å². The Kier molecular flexibility index (Phi) is 6.35. The molecule has 5 aliphatic rings. The minimum Gasteiger partial charge on any atom is -0.504 e. The van der Waals surface area contributed by atoms with E-state index < -0.39 is 51.2 Å². The molecule has 0 saturated carbocycles. The largest absolute Gasteiger partial charge is 0.504 e. The van der Waals surface area contributed by atoms with Gasteiger partial charge in [0.1, 0.15) is 23.9 Å². The molecule has 1 aromatic rings. The number of likely N-dealkylation sites (N-methyl/N-ethyl adjacent to an activating group) is 1. The van der Waals surface area contributed by atoms with E-state index in [1.54, 1.807) is 12.1 Å². The van der Waals surface area contributed by atoms with Gasteiger partial charge >= 0.3 is 0 Å². The fourth-order valence-corrected chi connectivity index (χ4v) is 11.0. The second kappa shape index (κ2) is 8.82. The third kappa shape index (κ3) is 3.46. The van der Waals surface area contributed by atoms with Gasteiger partial charge in [0.25, 0.3) is 11.8 Å². The average Bonchev–Trinajstić information content (AvgIpc) is 2.83. The molecule has 4 fully saturated rings. The summed E-state index contributed by atoms with van der Waals surface area (Å²) in [6.45, 7) is 0. The number of methoxy groups -OCH3 is 2. The van der Waals surface area contributed by atoms with Gasteiger partial charge in [-0.3, -0.25) is 14.4 Å². The van der Waals surface area contributed by atoms with E-state index in [0.717, 1.165) is 15.9 Å². The smallest absolute Gasteiger partial charge is 0.272 e. The van der Waals surface area contributed by atoms with E-state index in [-0.39, 0.29) is 17.9 Å². The maximum atomic E-state index is 13.9. The molecule has 1 spiro atoms. The highest BCUT2D eigenvalue weighted by Crippen LogP contribution is 2.63. The van der Waals surface area contributed by atoms with E-state index >= 15 is 0 Å². The van der Waals surface area contributed by atoms with E-state index in [0.29, 0.717) is 11.3 Å². The zero-order valence-electron chi connectivity index (χ0n) is 18.8. The van der Waals surface area contributed by atoms with Crippen molar-refractivity contribution in [3.63, 3.8) is 0 Å². The summed E-state index contributed by atoms with van der Waals surface area (Å²) in [4.78, 5) is 33.4. The van der Waals surface area contributed by atoms with Crippen molar-refractivity contribution in [2.24, 2.45) is 0 Å². The number of aromatic hydroxyl groups is 1. The summed E-state index contributed by atoms with van der Waals surface area (Å²) in [7, 11) is 7.96. The van der Waals surface area contributed by atoms with Gasteiger partial charge in [-0.1, -0.05) is 29.0 Å². The number of hydrogen-bond donors (Lipinski definition) is 3. The molecule has 0 aromatic heterocycles. The van der Waals surface area contributed by atoms with Crippen molar-refractivity contribution in [2.45, 2.75) is 45.8 Å². The first kappa shape index (κ1) is 25.2. The Hall–Kier alpha value is -1.48. The van der Waals surface area contributed by atoms with Gasteiger partial charge in [0, 0.05) is 19.0 Å². The Balaban J connectivity index is 1.60. The molecule has 10 nitrogen and oxygen atoms in total. The number of benzene rings is 1. The predicted molar refractivity (Wildman–Crippen MR) is 132 cm³/mol. The molecule has 1 aliphatic carbocycles. The van der Waals surface area contributed by atoms with E-state index in [4.69, 9.17) is 25.9 Å². The summed E-state index contributed by atoms with van der Waals surface area (Å²) in [6.07, 6.45) is 0.166. The lowest BCUT2D eigenvalue weighted by molar-refractivity contribution is -0.317. The topological polar surface area (TPSA) is 129 Å². The number of halogens is 1. The molecule has 4 heterocycles. The van der Waals surface area contributed by atoms with Gasteiger partial charge in [0.05, 0.1) is 24.8 Å². The number of hydroxylamine groups is 2. The Morgan fingerprint density at radius 3 is 2.66 bits per heavy atom. The first-order chi connectivity index (χ1) is 16.6. The summed E-state index contributed by atoms with van der Waals surface area (Å²) in [5.41, 5.74) is -1.41. The summed E-state index contributed by atoms with van der Waals surface area (Å²) in [6, 6.07) is 2.19. The van der Waals surface area contributed by atoms with Gasteiger partial charge in [-0.2, -0.15) is 5.06 Å². The molecular formula is C21H23ClN2O8S3. The number of phenolic OH excluding ortho intramolecular Hbond substituents is 1. The number of ether oxygens (including phenoxy) is 2. The number of fused-ring (bicyclic) bond motifs is 5. The Morgan fingerprint density at radius 2 is 1.97 bits per heavy atom. The van der Waals surface area contributed by atoms with Crippen LogP contribution in [0.4, 0.5) is 0 Å². The van der Waals surface area contributed by atoms with Crippen LogP contribution in [0.15, 0.2) is 24.3 Å². The van der Waals surface area contributed by atoms with Crippen LogP contribution < -0.4 is 9.47 Å². The van der Waals surface area contributed by atoms with Crippen molar-refractivity contribution in [1.82, 2.24) is 9.96 Å². The Labute approximate surface area is 217 Å². The highest BCUT2D eigenvalue weighted by Gasteiger charge is 2.70. The third-order valence-corrected chi connectivity index (χ3v) is 12.2. The van der Waals surface area contributed by atoms with Crippen molar-refractivity contribution in [3.05, 3.63) is 29.8 Å². The molecule has 0 radical (unpaired) electrons. The fraction of sp³-hybridized carbons (Fsp3) is 0.524. The number of carbonyl (C=O) groups is 2. The molecule has 7 atom stereocenters. The molecule has 14 heteroatoms. The molecule has 0 unspecified atom stereocenters. The van der Waals surface area contributed by atoms with E-state index in [1.165, 1.54) is 58.9 Å². The van der Waals surface area contributed by atoms with Crippen LogP contribution in [0.25, 0.3) is 0 Å². The van der Waals surface area contributed by atoms with Crippen LogP contribution in [0, 0.1) is 0 Å². The average molecular weight is 563 g/mol. The van der Waals surface area contributed by atoms with Crippen LogP contribution in [0.2, 0.25) is 0 Å². The number of hydrogen-bond acceptors (Lipinski definition) is 11. The van der Waals surface area contributed by atoms with Gasteiger partial charge < -0.3 is 29.7 Å². The summed E-state index contributed by atoms with van der Waals surface area (Å²) < 4.78 is 10.6. The predicted octanol–water partition coefficient (Wildman–Crippen LogP) is 1.83. The van der Waals surface area contributed by atoms with E-state index in [2.05, 4.69) is 0 Å². The highest BCUT2D eigenvalue weighted by atomic mass is 35.5. The minimum atomic E-state index is -1.78. The van der Waals surface area contributed by atoms with Crippen LogP contribution in [0.5, 0.6) is 17.2 Å². The minimum absolute atomic E-state index is 0.112. The Bertz CT molecular complexity index is 1110. The molecule has 190 valence electrons. The molecule has 6 rings (SSSR count).